The highest BCUT2D eigenvalue weighted by Crippen LogP contribution is 2.25. The van der Waals surface area contributed by atoms with Gasteiger partial charge in [-0.2, -0.15) is 0 Å². The lowest BCUT2D eigenvalue weighted by Gasteiger charge is -2.22. The largest absolute Gasteiger partial charge is 0.416 e. The van der Waals surface area contributed by atoms with E-state index in [1.54, 1.807) is 0 Å². The number of benzene rings is 2. The van der Waals surface area contributed by atoms with E-state index in [0.29, 0.717) is 117 Å². The molecule has 0 unspecified atom stereocenters. The third kappa shape index (κ3) is 14.5. The smallest absolute Gasteiger partial charge is 0.248 e. The van der Waals surface area contributed by atoms with Crippen molar-refractivity contribution >= 4 is 0 Å². The van der Waals surface area contributed by atoms with Crippen LogP contribution in [0.25, 0.3) is 22.9 Å². The van der Waals surface area contributed by atoms with Gasteiger partial charge in [-0.25, -0.2) is 0 Å². The lowest BCUT2D eigenvalue weighted by molar-refractivity contribution is 0.00206. The number of ether oxygens (including phenoxy) is 8. The molecule has 0 aliphatic carbocycles. The molecule has 2 aliphatic heterocycles. The van der Waals surface area contributed by atoms with E-state index in [-0.39, 0.29) is 0 Å². The van der Waals surface area contributed by atoms with Gasteiger partial charge in [-0.05, 0) is 35.4 Å². The van der Waals surface area contributed by atoms with Crippen molar-refractivity contribution in [1.82, 2.24) is 20.0 Å². The Morgan fingerprint density at radius 2 is 0.633 bits per heavy atom. The van der Waals surface area contributed by atoms with E-state index in [1.165, 1.54) is 11.1 Å². The zero-order chi connectivity index (χ0) is 33.6. The maximum Gasteiger partial charge on any atom is 0.248 e. The van der Waals surface area contributed by atoms with E-state index in [0.717, 1.165) is 50.4 Å². The molecule has 3 aromatic rings. The van der Waals surface area contributed by atoms with E-state index >= 15 is 0 Å². The highest BCUT2D eigenvalue weighted by atomic mass is 16.6. The van der Waals surface area contributed by atoms with Crippen LogP contribution < -0.4 is 0 Å². The van der Waals surface area contributed by atoms with Crippen LogP contribution in [0.4, 0.5) is 0 Å². The molecular weight excluding hydrogens is 632 g/mol. The van der Waals surface area contributed by atoms with Crippen molar-refractivity contribution in [2.24, 2.45) is 0 Å². The summed E-state index contributed by atoms with van der Waals surface area (Å²) in [6.45, 7) is 14.2. The summed E-state index contributed by atoms with van der Waals surface area (Å²) in [7, 11) is 0. The first-order valence-electron chi connectivity index (χ1n) is 17.4. The Bertz CT molecular complexity index is 1150. The standard InChI is InChI=1S/C36H52N4O9/c1-5-33(6-2-31(1)29-39-9-13-41-17-21-45-25-26-46-22-18-42-14-10-39)35-37-38-36(49-35)34-7-3-32(4-8-34)30-40-11-15-43-19-23-47-27-28-48-24-20-44-16-12-40/h1-8H,9-30H2. The predicted octanol–water partition coefficient (Wildman–Crippen LogP) is 3.17. The Labute approximate surface area is 289 Å². The minimum atomic E-state index is 0.489. The molecule has 1 aromatic heterocycles. The first-order valence-corrected chi connectivity index (χ1v) is 17.4. The molecule has 5 rings (SSSR count). The number of aromatic nitrogens is 2. The molecule has 2 fully saturated rings. The highest BCUT2D eigenvalue weighted by molar-refractivity contribution is 5.58. The summed E-state index contributed by atoms with van der Waals surface area (Å²) in [6, 6.07) is 16.5. The van der Waals surface area contributed by atoms with Crippen LogP contribution in [-0.2, 0) is 51.0 Å². The Balaban J connectivity index is 1.11. The second-order valence-corrected chi connectivity index (χ2v) is 11.8. The normalized spacial score (nSPS) is 20.4. The molecule has 13 heteroatoms. The van der Waals surface area contributed by atoms with Gasteiger partial charge >= 0.3 is 0 Å². The molecule has 270 valence electrons. The maximum absolute atomic E-state index is 6.10. The topological polar surface area (TPSA) is 119 Å². The molecule has 2 aromatic carbocycles. The van der Waals surface area contributed by atoms with Crippen LogP contribution in [0.3, 0.4) is 0 Å². The van der Waals surface area contributed by atoms with Crippen molar-refractivity contribution < 1.29 is 42.3 Å². The second kappa shape index (κ2) is 22.8. The van der Waals surface area contributed by atoms with Gasteiger partial charge in [0.1, 0.15) is 0 Å². The predicted molar refractivity (Wildman–Crippen MR) is 182 cm³/mol. The summed E-state index contributed by atoms with van der Waals surface area (Å²) in [5.41, 5.74) is 4.12. The highest BCUT2D eigenvalue weighted by Gasteiger charge is 2.13. The minimum absolute atomic E-state index is 0.489. The van der Waals surface area contributed by atoms with Gasteiger partial charge in [0.2, 0.25) is 11.8 Å². The molecule has 0 atom stereocenters. The van der Waals surface area contributed by atoms with Crippen molar-refractivity contribution in [3.8, 4) is 22.9 Å². The van der Waals surface area contributed by atoms with Gasteiger partial charge in [-0.3, -0.25) is 9.80 Å². The Hall–Kier alpha value is -2.82. The maximum atomic E-state index is 6.10. The van der Waals surface area contributed by atoms with Gasteiger partial charge < -0.3 is 42.3 Å². The van der Waals surface area contributed by atoms with E-state index in [4.69, 9.17) is 42.3 Å². The van der Waals surface area contributed by atoms with Gasteiger partial charge in [-0.15, -0.1) is 10.2 Å². The van der Waals surface area contributed by atoms with E-state index < -0.39 is 0 Å². The fourth-order valence-electron chi connectivity index (χ4n) is 5.32. The Morgan fingerprint density at radius 1 is 0.367 bits per heavy atom. The quantitative estimate of drug-likeness (QED) is 0.379. The zero-order valence-corrected chi connectivity index (χ0v) is 28.6. The number of hydrogen-bond donors (Lipinski definition) is 0. The molecule has 0 radical (unpaired) electrons. The van der Waals surface area contributed by atoms with Gasteiger partial charge in [0, 0.05) is 50.4 Å². The fraction of sp³-hybridized carbons (Fsp3) is 0.611. The van der Waals surface area contributed by atoms with Crippen LogP contribution in [0.5, 0.6) is 0 Å². The first kappa shape index (κ1) is 37.4. The molecule has 3 heterocycles. The first-order chi connectivity index (χ1) is 24.3. The summed E-state index contributed by atoms with van der Waals surface area (Å²) in [4.78, 5) is 4.67. The SMILES string of the molecule is c1cc(-c2nnc(-c3ccc(CN4CCOCCOCCOCCOCC4)cc3)o2)ccc1CN1CCOCCOCCOCCOCC1. The number of hydrogen-bond acceptors (Lipinski definition) is 13. The monoisotopic (exact) mass is 684 g/mol. The minimum Gasteiger partial charge on any atom is -0.416 e. The Kier molecular flexibility index (Phi) is 17.4. The molecule has 0 bridgehead atoms. The van der Waals surface area contributed by atoms with Crippen LogP contribution in [0.2, 0.25) is 0 Å². The van der Waals surface area contributed by atoms with Crippen LogP contribution >= 0.6 is 0 Å². The number of nitrogens with zero attached hydrogens (tertiary/aromatic N) is 4. The Morgan fingerprint density at radius 3 is 0.918 bits per heavy atom. The zero-order valence-electron chi connectivity index (χ0n) is 28.6. The molecule has 49 heavy (non-hydrogen) atoms. The molecular formula is C36H52N4O9. The van der Waals surface area contributed by atoms with Crippen molar-refractivity contribution in [1.29, 1.82) is 0 Å². The van der Waals surface area contributed by atoms with Crippen LogP contribution in [0, 0.1) is 0 Å². The molecule has 2 saturated heterocycles. The molecule has 0 spiro atoms. The third-order valence-electron chi connectivity index (χ3n) is 8.08. The van der Waals surface area contributed by atoms with E-state index in [2.05, 4.69) is 44.3 Å². The van der Waals surface area contributed by atoms with E-state index in [1.807, 2.05) is 24.3 Å². The van der Waals surface area contributed by atoms with Gasteiger partial charge in [0.25, 0.3) is 0 Å². The van der Waals surface area contributed by atoms with Crippen molar-refractivity contribution in [3.05, 3.63) is 59.7 Å². The lowest BCUT2D eigenvalue weighted by Crippen LogP contribution is -2.31. The molecule has 0 N–H and O–H groups in total. The van der Waals surface area contributed by atoms with Gasteiger partial charge in [-0.1, -0.05) is 24.3 Å². The third-order valence-corrected chi connectivity index (χ3v) is 8.08. The summed E-state index contributed by atoms with van der Waals surface area (Å²) >= 11 is 0. The fourth-order valence-corrected chi connectivity index (χ4v) is 5.32. The second-order valence-electron chi connectivity index (χ2n) is 11.8. The summed E-state index contributed by atoms with van der Waals surface area (Å²) in [5, 5.41) is 8.68. The molecule has 2 aliphatic rings. The van der Waals surface area contributed by atoms with Gasteiger partial charge in [0.05, 0.1) is 106 Å². The van der Waals surface area contributed by atoms with Crippen LogP contribution in [-0.4, -0.2) is 152 Å². The average Bonchev–Trinajstić information content (AvgIpc) is 3.61. The molecule has 0 saturated carbocycles. The van der Waals surface area contributed by atoms with Crippen molar-refractivity contribution in [3.63, 3.8) is 0 Å². The lowest BCUT2D eigenvalue weighted by atomic mass is 10.1. The van der Waals surface area contributed by atoms with Crippen molar-refractivity contribution in [2.45, 2.75) is 13.1 Å². The molecule has 0 amide bonds. The molecule has 13 nitrogen and oxygen atoms in total. The summed E-state index contributed by atoms with van der Waals surface area (Å²) in [5.74, 6) is 0.979. The summed E-state index contributed by atoms with van der Waals surface area (Å²) in [6.07, 6.45) is 0. The number of rotatable bonds is 6. The van der Waals surface area contributed by atoms with Crippen molar-refractivity contribution in [2.75, 3.05) is 132 Å². The van der Waals surface area contributed by atoms with Gasteiger partial charge in [0.15, 0.2) is 0 Å². The van der Waals surface area contributed by atoms with Crippen LogP contribution in [0.1, 0.15) is 11.1 Å². The van der Waals surface area contributed by atoms with Crippen LogP contribution in [0.15, 0.2) is 52.9 Å². The van der Waals surface area contributed by atoms with E-state index in [9.17, 15) is 0 Å². The summed E-state index contributed by atoms with van der Waals surface area (Å²) < 4.78 is 51.3. The average molecular weight is 685 g/mol.